The highest BCUT2D eigenvalue weighted by Gasteiger charge is 2.19. The molecule has 0 unspecified atom stereocenters. The van der Waals surface area contributed by atoms with E-state index in [2.05, 4.69) is 20.3 Å². The van der Waals surface area contributed by atoms with Gasteiger partial charge in [0.05, 0.1) is 18.8 Å². The molecule has 1 atom stereocenters. The van der Waals surface area contributed by atoms with Gasteiger partial charge in [-0.25, -0.2) is 9.97 Å². The van der Waals surface area contributed by atoms with E-state index in [4.69, 9.17) is 22.1 Å². The van der Waals surface area contributed by atoms with Crippen LogP contribution in [0, 0.1) is 0 Å². The lowest BCUT2D eigenvalue weighted by atomic mass is 10.0. The molecule has 0 fully saturated rings. The number of halogens is 1. The van der Waals surface area contributed by atoms with E-state index in [1.54, 1.807) is 13.3 Å². The summed E-state index contributed by atoms with van der Waals surface area (Å²) in [6.07, 6.45) is 3.10. The topological polar surface area (TPSA) is 86.0 Å². The Balaban J connectivity index is 2.04. The average molecular weight is 342 g/mol. The monoisotopic (exact) mass is 341 g/mol. The largest absolute Gasteiger partial charge is 0.497 e. The second-order valence-corrected chi connectivity index (χ2v) is 5.41. The van der Waals surface area contributed by atoms with Gasteiger partial charge in [-0.3, -0.25) is 4.98 Å². The van der Waals surface area contributed by atoms with Crippen LogP contribution in [-0.2, 0) is 0 Å². The highest BCUT2D eigenvalue weighted by Crippen LogP contribution is 2.31. The molecule has 0 aliphatic rings. The second-order valence-electron chi connectivity index (χ2n) is 5.03. The summed E-state index contributed by atoms with van der Waals surface area (Å²) < 4.78 is 5.31. The van der Waals surface area contributed by atoms with Crippen molar-refractivity contribution in [3.63, 3.8) is 0 Å². The molecule has 7 heteroatoms. The van der Waals surface area contributed by atoms with E-state index in [-0.39, 0.29) is 16.9 Å². The van der Waals surface area contributed by atoms with Crippen molar-refractivity contribution < 1.29 is 4.74 Å². The fraction of sp³-hybridized carbons (Fsp3) is 0.118. The highest BCUT2D eigenvalue weighted by molar-refractivity contribution is 6.35. The molecule has 0 aliphatic heterocycles. The lowest BCUT2D eigenvalue weighted by molar-refractivity contribution is 0.414. The molecule has 0 saturated heterocycles. The predicted molar refractivity (Wildman–Crippen MR) is 94.2 cm³/mol. The Morgan fingerprint density at radius 3 is 2.75 bits per heavy atom. The van der Waals surface area contributed by atoms with Gasteiger partial charge in [-0.1, -0.05) is 29.8 Å². The molecule has 6 nitrogen and oxygen atoms in total. The zero-order valence-corrected chi connectivity index (χ0v) is 13.7. The summed E-state index contributed by atoms with van der Waals surface area (Å²) in [7, 11) is 1.63. The molecule has 0 spiro atoms. The quantitative estimate of drug-likeness (QED) is 0.740. The molecular formula is C17H16ClN5O. The van der Waals surface area contributed by atoms with Gasteiger partial charge >= 0.3 is 0 Å². The number of nitrogen functional groups attached to an aromatic ring is 1. The van der Waals surface area contributed by atoms with Crippen molar-refractivity contribution in [2.24, 2.45) is 0 Å². The van der Waals surface area contributed by atoms with Gasteiger partial charge in [-0.15, -0.1) is 0 Å². The maximum absolute atomic E-state index is 6.21. The normalized spacial score (nSPS) is 11.8. The van der Waals surface area contributed by atoms with Crippen LogP contribution in [0.3, 0.4) is 0 Å². The van der Waals surface area contributed by atoms with E-state index < -0.39 is 0 Å². The molecule has 2 aromatic heterocycles. The molecule has 24 heavy (non-hydrogen) atoms. The Kier molecular flexibility index (Phi) is 4.77. The summed E-state index contributed by atoms with van der Waals surface area (Å²) in [6, 6.07) is 13.2. The highest BCUT2D eigenvalue weighted by atomic mass is 35.5. The Morgan fingerprint density at radius 2 is 2.00 bits per heavy atom. The molecule has 3 rings (SSSR count). The standard InChI is InChI=1S/C17H16ClN5O/c1-24-12-6-4-5-11(9-12)15(13-7-2-3-8-20-13)23-17-14(18)16(19)21-10-22-17/h2-10,15H,1H3,(H3,19,21,22,23)/t15-/m1/s1. The zero-order chi connectivity index (χ0) is 16.9. The molecule has 0 aliphatic carbocycles. The number of hydrogen-bond donors (Lipinski definition) is 2. The van der Waals surface area contributed by atoms with E-state index in [0.717, 1.165) is 17.0 Å². The average Bonchev–Trinajstić information content (AvgIpc) is 2.63. The third kappa shape index (κ3) is 3.38. The number of rotatable bonds is 5. The second kappa shape index (κ2) is 7.14. The third-order valence-corrected chi connectivity index (χ3v) is 3.88. The van der Waals surface area contributed by atoms with E-state index in [9.17, 15) is 0 Å². The van der Waals surface area contributed by atoms with Gasteiger partial charge in [0.1, 0.15) is 22.9 Å². The van der Waals surface area contributed by atoms with Crippen LogP contribution in [0.5, 0.6) is 5.75 Å². The van der Waals surface area contributed by atoms with Gasteiger partial charge in [0.15, 0.2) is 5.82 Å². The van der Waals surface area contributed by atoms with Crippen molar-refractivity contribution in [1.29, 1.82) is 0 Å². The summed E-state index contributed by atoms with van der Waals surface area (Å²) in [4.78, 5) is 12.5. The maximum Gasteiger partial charge on any atom is 0.151 e. The molecule has 1 aromatic carbocycles. The van der Waals surface area contributed by atoms with Crippen molar-refractivity contribution in [1.82, 2.24) is 15.0 Å². The first kappa shape index (κ1) is 16.0. The molecule has 2 heterocycles. The van der Waals surface area contributed by atoms with E-state index >= 15 is 0 Å². The molecule has 3 aromatic rings. The number of aromatic nitrogens is 3. The van der Waals surface area contributed by atoms with E-state index in [1.807, 2.05) is 42.5 Å². The van der Waals surface area contributed by atoms with Gasteiger partial charge in [0.25, 0.3) is 0 Å². The molecule has 122 valence electrons. The SMILES string of the molecule is COc1cccc([C@@H](Nc2ncnc(N)c2Cl)c2ccccn2)c1. The molecule has 0 radical (unpaired) electrons. The molecule has 0 amide bonds. The number of pyridine rings is 1. The van der Waals surface area contributed by atoms with Crippen molar-refractivity contribution in [2.45, 2.75) is 6.04 Å². The number of nitrogens with one attached hydrogen (secondary N) is 1. The summed E-state index contributed by atoms with van der Waals surface area (Å²) >= 11 is 6.21. The zero-order valence-electron chi connectivity index (χ0n) is 13.0. The fourth-order valence-electron chi connectivity index (χ4n) is 2.32. The van der Waals surface area contributed by atoms with Crippen molar-refractivity contribution >= 4 is 23.2 Å². The Labute approximate surface area is 144 Å². The minimum absolute atomic E-state index is 0.222. The van der Waals surface area contributed by atoms with Gasteiger partial charge < -0.3 is 15.8 Å². The fourth-order valence-corrected chi connectivity index (χ4v) is 2.47. The van der Waals surface area contributed by atoms with Crippen molar-refractivity contribution in [2.75, 3.05) is 18.2 Å². The first-order valence-corrected chi connectivity index (χ1v) is 7.64. The van der Waals surface area contributed by atoms with Gasteiger partial charge in [-0.2, -0.15) is 0 Å². The molecule has 3 N–H and O–H groups in total. The first-order valence-electron chi connectivity index (χ1n) is 7.26. The minimum Gasteiger partial charge on any atom is -0.497 e. The Morgan fingerprint density at radius 1 is 1.12 bits per heavy atom. The van der Waals surface area contributed by atoms with Crippen LogP contribution < -0.4 is 15.8 Å². The Bertz CT molecular complexity index is 828. The summed E-state index contributed by atoms with van der Waals surface area (Å²) in [5.41, 5.74) is 7.54. The summed E-state index contributed by atoms with van der Waals surface area (Å²) in [5.74, 6) is 1.42. The lowest BCUT2D eigenvalue weighted by Gasteiger charge is -2.20. The molecule has 0 saturated carbocycles. The van der Waals surface area contributed by atoms with Crippen molar-refractivity contribution in [3.8, 4) is 5.75 Å². The minimum atomic E-state index is -0.270. The maximum atomic E-state index is 6.21. The van der Waals surface area contributed by atoms with Crippen LogP contribution in [-0.4, -0.2) is 22.1 Å². The van der Waals surface area contributed by atoms with Crippen LogP contribution in [0.2, 0.25) is 5.02 Å². The number of hydrogen-bond acceptors (Lipinski definition) is 6. The van der Waals surface area contributed by atoms with Crippen LogP contribution >= 0.6 is 11.6 Å². The number of anilines is 2. The number of benzene rings is 1. The van der Waals surface area contributed by atoms with E-state index in [1.165, 1.54) is 6.33 Å². The number of nitrogens with zero attached hydrogens (tertiary/aromatic N) is 3. The lowest BCUT2D eigenvalue weighted by Crippen LogP contribution is -2.15. The third-order valence-electron chi connectivity index (χ3n) is 3.51. The first-order chi connectivity index (χ1) is 11.7. The predicted octanol–water partition coefficient (Wildman–Crippen LogP) is 3.32. The van der Waals surface area contributed by atoms with Crippen LogP contribution in [0.4, 0.5) is 11.6 Å². The number of nitrogens with two attached hydrogens (primary N) is 1. The van der Waals surface area contributed by atoms with Gasteiger partial charge in [0.2, 0.25) is 0 Å². The van der Waals surface area contributed by atoms with Gasteiger partial charge in [-0.05, 0) is 29.8 Å². The Hall–Kier alpha value is -2.86. The van der Waals surface area contributed by atoms with Gasteiger partial charge in [0, 0.05) is 6.20 Å². The van der Waals surface area contributed by atoms with Crippen LogP contribution in [0.15, 0.2) is 55.0 Å². The molecule has 0 bridgehead atoms. The van der Waals surface area contributed by atoms with Crippen molar-refractivity contribution in [3.05, 3.63) is 71.3 Å². The number of ether oxygens (including phenoxy) is 1. The van der Waals surface area contributed by atoms with Crippen LogP contribution in [0.1, 0.15) is 17.3 Å². The summed E-state index contributed by atoms with van der Waals surface area (Å²) in [5, 5.41) is 3.57. The van der Waals surface area contributed by atoms with Crippen LogP contribution in [0.25, 0.3) is 0 Å². The molecular weight excluding hydrogens is 326 g/mol. The van der Waals surface area contributed by atoms with E-state index in [0.29, 0.717) is 5.82 Å². The summed E-state index contributed by atoms with van der Waals surface area (Å²) in [6.45, 7) is 0. The number of methoxy groups -OCH3 is 1. The smallest absolute Gasteiger partial charge is 0.151 e.